The molecule has 0 radical (unpaired) electrons. The van der Waals surface area contributed by atoms with Crippen molar-refractivity contribution in [2.75, 3.05) is 11.6 Å². The summed E-state index contributed by atoms with van der Waals surface area (Å²) >= 11 is 0. The number of hydrogen-bond acceptors (Lipinski definition) is 6. The van der Waals surface area contributed by atoms with E-state index in [4.69, 9.17) is 9.82 Å². The quantitative estimate of drug-likeness (QED) is 0.457. The van der Waals surface area contributed by atoms with Crippen molar-refractivity contribution in [2.24, 2.45) is 0 Å². The Balaban J connectivity index is 1.80. The van der Waals surface area contributed by atoms with E-state index in [-0.39, 0.29) is 5.91 Å². The lowest BCUT2D eigenvalue weighted by Crippen LogP contribution is -2.24. The van der Waals surface area contributed by atoms with Crippen molar-refractivity contribution in [1.29, 1.82) is 0 Å². The van der Waals surface area contributed by atoms with Gasteiger partial charge in [0, 0.05) is 31.1 Å². The van der Waals surface area contributed by atoms with Crippen LogP contribution in [0.5, 0.6) is 5.88 Å². The summed E-state index contributed by atoms with van der Waals surface area (Å²) in [6, 6.07) is 22.9. The number of amides is 1. The van der Waals surface area contributed by atoms with Crippen molar-refractivity contribution in [1.82, 2.24) is 20.3 Å². The Hall–Kier alpha value is -4.26. The fourth-order valence-corrected chi connectivity index (χ4v) is 2.95. The minimum Gasteiger partial charge on any atom is -0.353 e. The van der Waals surface area contributed by atoms with Gasteiger partial charge in [0.1, 0.15) is 0 Å². The predicted octanol–water partition coefficient (Wildman–Crippen LogP) is 4.31. The zero-order valence-electron chi connectivity index (χ0n) is 17.0. The highest BCUT2D eigenvalue weighted by Gasteiger charge is 2.18. The number of carbonyl (C=O) groups excluding carboxylic acids is 1. The average Bonchev–Trinajstić information content (AvgIpc) is 2.81. The minimum atomic E-state index is -0.0937. The summed E-state index contributed by atoms with van der Waals surface area (Å²) in [5.41, 5.74) is 1.57. The Morgan fingerprint density at radius 1 is 1.00 bits per heavy atom. The van der Waals surface area contributed by atoms with Crippen LogP contribution in [0.3, 0.4) is 0 Å². The zero-order valence-corrected chi connectivity index (χ0v) is 17.0. The van der Waals surface area contributed by atoms with Crippen LogP contribution in [-0.2, 0) is 4.79 Å². The molecule has 1 N–H and O–H groups in total. The van der Waals surface area contributed by atoms with Gasteiger partial charge in [0.25, 0.3) is 0 Å². The van der Waals surface area contributed by atoms with Crippen LogP contribution in [0.2, 0.25) is 0 Å². The number of benzene rings is 2. The van der Waals surface area contributed by atoms with Crippen LogP contribution in [0.25, 0.3) is 17.0 Å². The third-order valence-corrected chi connectivity index (χ3v) is 4.34. The SMILES string of the molecule is CC(=O)NCC=Cc1nc(N(Oc2ccccn2)c2ccccc2)c2ccccc2n1. The van der Waals surface area contributed by atoms with Crippen molar-refractivity contribution in [3.8, 4) is 5.88 Å². The van der Waals surface area contributed by atoms with Crippen LogP contribution in [0.1, 0.15) is 12.7 Å². The molecule has 7 nitrogen and oxygen atoms in total. The Morgan fingerprint density at radius 3 is 2.55 bits per heavy atom. The van der Waals surface area contributed by atoms with Gasteiger partial charge in [0.15, 0.2) is 11.6 Å². The van der Waals surface area contributed by atoms with E-state index in [2.05, 4.69) is 15.3 Å². The molecule has 1 amide bonds. The first-order chi connectivity index (χ1) is 15.2. The molecule has 0 aliphatic carbocycles. The number of hydrogen-bond donors (Lipinski definition) is 1. The molecule has 2 aromatic heterocycles. The average molecular weight is 411 g/mol. The molecule has 2 heterocycles. The van der Waals surface area contributed by atoms with E-state index >= 15 is 0 Å². The summed E-state index contributed by atoms with van der Waals surface area (Å²) in [5, 5.41) is 5.21. The molecule has 31 heavy (non-hydrogen) atoms. The van der Waals surface area contributed by atoms with Crippen LogP contribution < -0.4 is 15.2 Å². The maximum absolute atomic E-state index is 11.1. The lowest BCUT2D eigenvalue weighted by molar-refractivity contribution is -0.118. The van der Waals surface area contributed by atoms with Gasteiger partial charge in [-0.3, -0.25) is 4.79 Å². The predicted molar refractivity (Wildman–Crippen MR) is 121 cm³/mol. The molecular formula is C24H21N5O2. The molecule has 0 aliphatic heterocycles. The molecule has 4 rings (SSSR count). The number of nitrogens with one attached hydrogen (secondary N) is 1. The lowest BCUT2D eigenvalue weighted by atomic mass is 10.2. The minimum absolute atomic E-state index is 0.0937. The number of fused-ring (bicyclic) bond motifs is 1. The molecular weight excluding hydrogens is 390 g/mol. The molecule has 0 bridgehead atoms. The number of rotatable bonds is 7. The highest BCUT2D eigenvalue weighted by atomic mass is 16.7. The largest absolute Gasteiger partial charge is 0.353 e. The van der Waals surface area contributed by atoms with Crippen LogP contribution >= 0.6 is 0 Å². The summed E-state index contributed by atoms with van der Waals surface area (Å²) in [7, 11) is 0. The molecule has 0 unspecified atom stereocenters. The number of aromatic nitrogens is 3. The Bertz CT molecular complexity index is 1200. The molecule has 4 aromatic rings. The van der Waals surface area contributed by atoms with Gasteiger partial charge in [-0.15, -0.1) is 0 Å². The summed E-state index contributed by atoms with van der Waals surface area (Å²) in [4.78, 5) is 30.9. The number of nitrogens with zero attached hydrogens (tertiary/aromatic N) is 4. The fourth-order valence-electron chi connectivity index (χ4n) is 2.95. The highest BCUT2D eigenvalue weighted by molar-refractivity contribution is 5.91. The van der Waals surface area contributed by atoms with Crippen molar-refractivity contribution in [3.63, 3.8) is 0 Å². The fraction of sp³-hybridized carbons (Fsp3) is 0.0833. The van der Waals surface area contributed by atoms with Gasteiger partial charge < -0.3 is 10.2 Å². The van der Waals surface area contributed by atoms with E-state index in [1.54, 1.807) is 23.4 Å². The molecule has 0 saturated carbocycles. The number of pyridine rings is 1. The van der Waals surface area contributed by atoms with Gasteiger partial charge >= 0.3 is 0 Å². The monoisotopic (exact) mass is 411 g/mol. The Kier molecular flexibility index (Phi) is 6.13. The maximum atomic E-state index is 11.1. The van der Waals surface area contributed by atoms with E-state index in [1.807, 2.05) is 72.8 Å². The summed E-state index contributed by atoms with van der Waals surface area (Å²) < 4.78 is 0. The third kappa shape index (κ3) is 5.02. The first kappa shape index (κ1) is 20.0. The molecule has 7 heteroatoms. The van der Waals surface area contributed by atoms with Gasteiger partial charge in [-0.2, -0.15) is 5.06 Å². The molecule has 0 fully saturated rings. The maximum Gasteiger partial charge on any atom is 0.246 e. The van der Waals surface area contributed by atoms with Gasteiger partial charge in [0.05, 0.1) is 11.2 Å². The van der Waals surface area contributed by atoms with E-state index in [0.717, 1.165) is 16.6 Å². The molecule has 0 aliphatic rings. The summed E-state index contributed by atoms with van der Waals surface area (Å²) in [6.45, 7) is 1.87. The van der Waals surface area contributed by atoms with Gasteiger partial charge in [-0.05, 0) is 36.4 Å². The van der Waals surface area contributed by atoms with E-state index < -0.39 is 0 Å². The standard InChI is InChI=1S/C24H21N5O2/c1-18(30)25-17-9-14-22-27-21-13-6-5-12-20(21)24(28-22)29(19-10-3-2-4-11-19)31-23-15-7-8-16-26-23/h2-16H,17H2,1H3,(H,25,30). The third-order valence-electron chi connectivity index (χ3n) is 4.34. The van der Waals surface area contributed by atoms with Crippen molar-refractivity contribution < 1.29 is 9.63 Å². The van der Waals surface area contributed by atoms with Crippen LogP contribution in [0.4, 0.5) is 11.5 Å². The zero-order chi connectivity index (χ0) is 21.5. The molecule has 2 aromatic carbocycles. The van der Waals surface area contributed by atoms with E-state index in [9.17, 15) is 4.79 Å². The lowest BCUT2D eigenvalue weighted by Gasteiger charge is -2.24. The molecule has 0 atom stereocenters. The van der Waals surface area contributed by atoms with E-state index in [1.165, 1.54) is 6.92 Å². The second-order valence-corrected chi connectivity index (χ2v) is 6.65. The van der Waals surface area contributed by atoms with Gasteiger partial charge in [-0.25, -0.2) is 15.0 Å². The molecule has 154 valence electrons. The summed E-state index contributed by atoms with van der Waals surface area (Å²) in [6.07, 6.45) is 5.25. The van der Waals surface area contributed by atoms with Crippen LogP contribution in [0, 0.1) is 0 Å². The second-order valence-electron chi connectivity index (χ2n) is 6.65. The van der Waals surface area contributed by atoms with Crippen molar-refractivity contribution in [3.05, 3.63) is 90.9 Å². The smallest absolute Gasteiger partial charge is 0.246 e. The van der Waals surface area contributed by atoms with Crippen molar-refractivity contribution >= 4 is 34.4 Å². The first-order valence-electron chi connectivity index (χ1n) is 9.82. The second kappa shape index (κ2) is 9.49. The number of anilines is 2. The number of para-hydroxylation sites is 2. The van der Waals surface area contributed by atoms with Crippen LogP contribution in [0.15, 0.2) is 85.1 Å². The highest BCUT2D eigenvalue weighted by Crippen LogP contribution is 2.31. The normalized spacial score (nSPS) is 10.9. The van der Waals surface area contributed by atoms with E-state index in [0.29, 0.717) is 24.1 Å². The number of carbonyl (C=O) groups is 1. The summed E-state index contributed by atoms with van der Waals surface area (Å²) in [5.74, 6) is 1.44. The van der Waals surface area contributed by atoms with Crippen molar-refractivity contribution in [2.45, 2.75) is 6.92 Å². The van der Waals surface area contributed by atoms with Crippen LogP contribution in [-0.4, -0.2) is 27.4 Å². The van der Waals surface area contributed by atoms with Gasteiger partial charge in [0.2, 0.25) is 11.8 Å². The Labute approximate surface area is 180 Å². The molecule has 0 saturated heterocycles. The first-order valence-corrected chi connectivity index (χ1v) is 9.82. The van der Waals surface area contributed by atoms with Gasteiger partial charge in [-0.1, -0.05) is 42.5 Å². The Morgan fingerprint density at radius 2 is 1.77 bits per heavy atom. The molecule has 0 spiro atoms. The topological polar surface area (TPSA) is 80.2 Å².